The molecule has 2 heterocycles. The monoisotopic (exact) mass is 390 g/mol. The number of aromatic nitrogens is 2. The van der Waals surface area contributed by atoms with Gasteiger partial charge in [-0.2, -0.15) is 0 Å². The maximum atomic E-state index is 12.5. The molecular weight excluding hydrogens is 379 g/mol. The first kappa shape index (κ1) is 17.9. The zero-order chi connectivity index (χ0) is 18.7. The number of rotatable bonds is 4. The molecule has 3 rings (SSSR count). The number of amidine groups is 1. The number of nitrogens with two attached hydrogens (primary N) is 1. The summed E-state index contributed by atoms with van der Waals surface area (Å²) >= 11 is 12.4. The van der Waals surface area contributed by atoms with Crippen LogP contribution in [0.1, 0.15) is 21.8 Å². The van der Waals surface area contributed by atoms with Gasteiger partial charge in [-0.25, -0.2) is 4.79 Å². The second-order valence-electron chi connectivity index (χ2n) is 5.13. The number of hydrogen-bond donors (Lipinski definition) is 1. The van der Waals surface area contributed by atoms with Gasteiger partial charge in [0.2, 0.25) is 0 Å². The molecule has 7 nitrogen and oxygen atoms in total. The summed E-state index contributed by atoms with van der Waals surface area (Å²) in [7, 11) is 0. The van der Waals surface area contributed by atoms with E-state index in [0.29, 0.717) is 21.3 Å². The van der Waals surface area contributed by atoms with Gasteiger partial charge < -0.3 is 15.1 Å². The van der Waals surface area contributed by atoms with Crippen LogP contribution in [0.2, 0.25) is 10.0 Å². The molecule has 0 bridgehead atoms. The van der Waals surface area contributed by atoms with E-state index in [1.54, 1.807) is 49.5 Å². The van der Waals surface area contributed by atoms with Crippen LogP contribution in [0, 0.1) is 6.92 Å². The summed E-state index contributed by atoms with van der Waals surface area (Å²) < 4.78 is 5.11. The molecule has 0 aliphatic rings. The number of carbonyl (C=O) groups excluding carboxylic acids is 1. The highest BCUT2D eigenvalue weighted by Crippen LogP contribution is 2.36. The van der Waals surface area contributed by atoms with Gasteiger partial charge in [-0.1, -0.05) is 45.6 Å². The molecule has 2 N–H and O–H groups in total. The molecule has 0 fully saturated rings. The predicted molar refractivity (Wildman–Crippen MR) is 97.1 cm³/mol. The fraction of sp³-hybridized carbons (Fsp3) is 0.0588. The van der Waals surface area contributed by atoms with E-state index in [-0.39, 0.29) is 22.9 Å². The molecule has 0 amide bonds. The summed E-state index contributed by atoms with van der Waals surface area (Å²) in [6, 6.07) is 10.0. The summed E-state index contributed by atoms with van der Waals surface area (Å²) in [5.74, 6) is -0.633. The maximum Gasteiger partial charge on any atom is 0.371 e. The summed E-state index contributed by atoms with van der Waals surface area (Å²) in [6.07, 6.45) is 1.54. The zero-order valence-electron chi connectivity index (χ0n) is 13.4. The Morgan fingerprint density at radius 3 is 2.58 bits per heavy atom. The first-order valence-electron chi connectivity index (χ1n) is 7.36. The van der Waals surface area contributed by atoms with Gasteiger partial charge in [0.25, 0.3) is 0 Å². The Kier molecular flexibility index (Phi) is 5.20. The zero-order valence-corrected chi connectivity index (χ0v) is 15.0. The van der Waals surface area contributed by atoms with Gasteiger partial charge in [0.15, 0.2) is 5.84 Å². The Morgan fingerprint density at radius 1 is 1.19 bits per heavy atom. The molecule has 0 aliphatic heterocycles. The van der Waals surface area contributed by atoms with Crippen molar-refractivity contribution in [3.8, 4) is 11.3 Å². The lowest BCUT2D eigenvalue weighted by atomic mass is 10.1. The number of aryl methyl sites for hydroxylation is 1. The summed E-state index contributed by atoms with van der Waals surface area (Å²) in [4.78, 5) is 21.4. The van der Waals surface area contributed by atoms with Crippen LogP contribution in [-0.4, -0.2) is 21.9 Å². The van der Waals surface area contributed by atoms with Gasteiger partial charge in [0.05, 0.1) is 10.0 Å². The minimum absolute atomic E-state index is 0.0506. The van der Waals surface area contributed by atoms with Gasteiger partial charge in [0.1, 0.15) is 22.7 Å². The maximum absolute atomic E-state index is 12.5. The highest BCUT2D eigenvalue weighted by Gasteiger charge is 2.26. The summed E-state index contributed by atoms with van der Waals surface area (Å²) in [6.45, 7) is 1.56. The normalized spacial score (nSPS) is 11.4. The van der Waals surface area contributed by atoms with Crippen molar-refractivity contribution in [3.05, 3.63) is 69.7 Å². The van der Waals surface area contributed by atoms with Gasteiger partial charge in [-0.3, -0.25) is 4.98 Å². The number of benzene rings is 1. The molecule has 132 valence electrons. The Hall–Kier alpha value is -2.90. The fourth-order valence-corrected chi connectivity index (χ4v) is 2.78. The Balaban J connectivity index is 1.93. The van der Waals surface area contributed by atoms with E-state index in [9.17, 15) is 4.79 Å². The van der Waals surface area contributed by atoms with Crippen LogP contribution >= 0.6 is 23.2 Å². The minimum atomic E-state index is -0.811. The second kappa shape index (κ2) is 7.55. The largest absolute Gasteiger partial charge is 0.379 e. The smallest absolute Gasteiger partial charge is 0.371 e. The molecule has 0 radical (unpaired) electrons. The van der Waals surface area contributed by atoms with Crippen LogP contribution < -0.4 is 5.73 Å². The van der Waals surface area contributed by atoms with Crippen molar-refractivity contribution in [1.29, 1.82) is 0 Å². The van der Waals surface area contributed by atoms with E-state index in [1.807, 2.05) is 0 Å². The molecule has 3 aromatic rings. The van der Waals surface area contributed by atoms with Crippen molar-refractivity contribution < 1.29 is 14.2 Å². The van der Waals surface area contributed by atoms with Gasteiger partial charge >= 0.3 is 5.97 Å². The van der Waals surface area contributed by atoms with Crippen molar-refractivity contribution in [2.24, 2.45) is 10.9 Å². The molecule has 2 aromatic heterocycles. The topological polar surface area (TPSA) is 104 Å². The number of halogens is 2. The number of carbonyl (C=O) groups is 1. The van der Waals surface area contributed by atoms with E-state index in [4.69, 9.17) is 38.3 Å². The standard InChI is InChI=1S/C17H12Cl2N4O3/c1-9-13(15(22-25-9)14-10(18)5-4-6-11(14)19)17(24)26-23-16(20)12-7-2-3-8-21-12/h2-8H,1H3,(H2,20,23). The van der Waals surface area contributed by atoms with Crippen LogP contribution in [0.5, 0.6) is 0 Å². The Morgan fingerprint density at radius 2 is 1.92 bits per heavy atom. The molecule has 0 spiro atoms. The predicted octanol–water partition coefficient (Wildman–Crippen LogP) is 3.83. The molecule has 0 aliphatic carbocycles. The van der Waals surface area contributed by atoms with Gasteiger partial charge in [0, 0.05) is 11.8 Å². The molecule has 26 heavy (non-hydrogen) atoms. The number of oxime groups is 1. The molecule has 0 atom stereocenters. The van der Waals surface area contributed by atoms with Crippen LogP contribution in [0.4, 0.5) is 0 Å². The molecule has 9 heteroatoms. The lowest BCUT2D eigenvalue weighted by molar-refractivity contribution is 0.0515. The Labute approximate surface area is 158 Å². The molecule has 1 aromatic carbocycles. The highest BCUT2D eigenvalue weighted by atomic mass is 35.5. The van der Waals surface area contributed by atoms with Crippen molar-refractivity contribution in [1.82, 2.24) is 10.1 Å². The molecular formula is C17H12Cl2N4O3. The van der Waals surface area contributed by atoms with Crippen molar-refractivity contribution >= 4 is 35.0 Å². The van der Waals surface area contributed by atoms with E-state index in [0.717, 1.165) is 0 Å². The van der Waals surface area contributed by atoms with Crippen LogP contribution in [0.15, 0.2) is 52.3 Å². The van der Waals surface area contributed by atoms with Gasteiger partial charge in [-0.05, 0) is 31.2 Å². The van der Waals surface area contributed by atoms with Gasteiger partial charge in [-0.15, -0.1) is 0 Å². The quantitative estimate of drug-likeness (QED) is 0.314. The third-order valence-electron chi connectivity index (χ3n) is 3.42. The highest BCUT2D eigenvalue weighted by molar-refractivity contribution is 6.39. The third-order valence-corrected chi connectivity index (χ3v) is 4.05. The second-order valence-corrected chi connectivity index (χ2v) is 5.94. The van der Waals surface area contributed by atoms with E-state index in [1.165, 1.54) is 0 Å². The number of pyridine rings is 1. The summed E-state index contributed by atoms with van der Waals surface area (Å²) in [5, 5.41) is 8.13. The fourth-order valence-electron chi connectivity index (χ4n) is 2.20. The van der Waals surface area contributed by atoms with E-state index in [2.05, 4.69) is 15.3 Å². The average Bonchev–Trinajstić information content (AvgIpc) is 3.01. The van der Waals surface area contributed by atoms with Crippen LogP contribution in [0.3, 0.4) is 0 Å². The van der Waals surface area contributed by atoms with E-state index < -0.39 is 5.97 Å². The molecule has 0 saturated heterocycles. The average molecular weight is 391 g/mol. The van der Waals surface area contributed by atoms with Crippen molar-refractivity contribution in [3.63, 3.8) is 0 Å². The lowest BCUT2D eigenvalue weighted by Gasteiger charge is -2.05. The SMILES string of the molecule is Cc1onc(-c2c(Cl)cccc2Cl)c1C(=O)O/N=C(\N)c1ccccn1. The summed E-state index contributed by atoms with van der Waals surface area (Å²) in [5.41, 5.74) is 6.71. The Bertz CT molecular complexity index is 967. The van der Waals surface area contributed by atoms with Crippen LogP contribution in [-0.2, 0) is 4.84 Å². The molecule has 0 unspecified atom stereocenters. The minimum Gasteiger partial charge on any atom is -0.379 e. The lowest BCUT2D eigenvalue weighted by Crippen LogP contribution is -2.16. The van der Waals surface area contributed by atoms with Crippen molar-refractivity contribution in [2.75, 3.05) is 0 Å². The first-order valence-corrected chi connectivity index (χ1v) is 8.11. The number of hydrogen-bond acceptors (Lipinski definition) is 6. The third kappa shape index (κ3) is 3.54. The molecule has 0 saturated carbocycles. The first-order chi connectivity index (χ1) is 12.5. The van der Waals surface area contributed by atoms with E-state index >= 15 is 0 Å². The van der Waals surface area contributed by atoms with Crippen molar-refractivity contribution in [2.45, 2.75) is 6.92 Å². The number of nitrogens with zero attached hydrogens (tertiary/aromatic N) is 3. The van der Waals surface area contributed by atoms with Crippen LogP contribution in [0.25, 0.3) is 11.3 Å².